The molecule has 0 saturated carbocycles. The smallest absolute Gasteiger partial charge is 0.322 e. The number of thiophene rings is 1. The van der Waals surface area contributed by atoms with Crippen LogP contribution in [0.25, 0.3) is 10.1 Å². The van der Waals surface area contributed by atoms with E-state index < -0.39 is 0 Å². The standard InChI is InChI=1S/C20H20N2OS/c1-14-12-15-6-2-4-8-18(15)22(14)20(23)21-11-10-16-13-24-19-9-5-3-7-17(16)19/h2-9,13-14H,10-12H2,1H3,(H,21,23). The first-order valence-electron chi connectivity index (χ1n) is 8.34. The van der Waals surface area contributed by atoms with E-state index in [2.05, 4.69) is 48.0 Å². The molecule has 2 heterocycles. The van der Waals surface area contributed by atoms with Crippen LogP contribution in [0.5, 0.6) is 0 Å². The number of para-hydroxylation sites is 1. The topological polar surface area (TPSA) is 32.3 Å². The molecule has 122 valence electrons. The minimum atomic E-state index is 0.00647. The van der Waals surface area contributed by atoms with Gasteiger partial charge < -0.3 is 5.32 Å². The summed E-state index contributed by atoms with van der Waals surface area (Å²) in [6.45, 7) is 2.76. The van der Waals surface area contributed by atoms with E-state index in [1.54, 1.807) is 11.3 Å². The molecule has 24 heavy (non-hydrogen) atoms. The van der Waals surface area contributed by atoms with Crippen molar-refractivity contribution in [1.29, 1.82) is 0 Å². The Kier molecular flexibility index (Phi) is 3.98. The number of carbonyl (C=O) groups excluding carboxylic acids is 1. The molecule has 2 amide bonds. The highest BCUT2D eigenvalue weighted by Crippen LogP contribution is 2.31. The molecule has 1 N–H and O–H groups in total. The number of benzene rings is 2. The van der Waals surface area contributed by atoms with Gasteiger partial charge in [0.1, 0.15) is 0 Å². The van der Waals surface area contributed by atoms with Gasteiger partial charge in [0.25, 0.3) is 0 Å². The van der Waals surface area contributed by atoms with E-state index >= 15 is 0 Å². The fourth-order valence-corrected chi connectivity index (χ4v) is 4.49. The maximum Gasteiger partial charge on any atom is 0.322 e. The summed E-state index contributed by atoms with van der Waals surface area (Å²) in [4.78, 5) is 14.5. The van der Waals surface area contributed by atoms with Gasteiger partial charge in [-0.05, 0) is 53.8 Å². The second kappa shape index (κ2) is 6.29. The summed E-state index contributed by atoms with van der Waals surface area (Å²) in [5.41, 5.74) is 3.61. The van der Waals surface area contributed by atoms with Crippen molar-refractivity contribution >= 4 is 33.1 Å². The molecule has 1 aliphatic rings. The predicted octanol–water partition coefficient (Wildman–Crippen LogP) is 4.60. The van der Waals surface area contributed by atoms with E-state index in [1.165, 1.54) is 21.2 Å². The van der Waals surface area contributed by atoms with E-state index in [0.29, 0.717) is 6.54 Å². The van der Waals surface area contributed by atoms with Crippen LogP contribution in [-0.4, -0.2) is 18.6 Å². The molecule has 3 nitrogen and oxygen atoms in total. The molecule has 3 aromatic rings. The minimum Gasteiger partial charge on any atom is -0.337 e. The number of hydrogen-bond acceptors (Lipinski definition) is 2. The van der Waals surface area contributed by atoms with Crippen molar-refractivity contribution in [2.24, 2.45) is 0 Å². The maximum absolute atomic E-state index is 12.6. The Morgan fingerprint density at radius 1 is 1.21 bits per heavy atom. The predicted molar refractivity (Wildman–Crippen MR) is 101 cm³/mol. The molecule has 0 saturated heterocycles. The van der Waals surface area contributed by atoms with Crippen LogP contribution in [0, 0.1) is 0 Å². The van der Waals surface area contributed by atoms with Gasteiger partial charge in [0, 0.05) is 23.0 Å². The largest absolute Gasteiger partial charge is 0.337 e. The van der Waals surface area contributed by atoms with Crippen LogP contribution < -0.4 is 10.2 Å². The summed E-state index contributed by atoms with van der Waals surface area (Å²) < 4.78 is 1.31. The molecule has 1 aliphatic heterocycles. The number of urea groups is 1. The van der Waals surface area contributed by atoms with Crippen molar-refractivity contribution in [3.8, 4) is 0 Å². The zero-order valence-corrected chi connectivity index (χ0v) is 14.5. The second-order valence-electron chi connectivity index (χ2n) is 6.29. The molecular formula is C20H20N2OS. The molecule has 1 atom stereocenters. The van der Waals surface area contributed by atoms with Crippen LogP contribution in [0.2, 0.25) is 0 Å². The van der Waals surface area contributed by atoms with Gasteiger partial charge in [0.2, 0.25) is 0 Å². The molecule has 0 radical (unpaired) electrons. The number of carbonyl (C=O) groups is 1. The number of nitrogens with one attached hydrogen (secondary N) is 1. The number of fused-ring (bicyclic) bond motifs is 2. The van der Waals surface area contributed by atoms with Gasteiger partial charge in [-0.3, -0.25) is 4.90 Å². The zero-order valence-electron chi connectivity index (χ0n) is 13.7. The average Bonchev–Trinajstić information content (AvgIpc) is 3.15. The second-order valence-corrected chi connectivity index (χ2v) is 7.20. The molecule has 1 unspecified atom stereocenters. The third kappa shape index (κ3) is 2.67. The molecule has 0 aliphatic carbocycles. The van der Waals surface area contributed by atoms with Crippen molar-refractivity contribution in [2.45, 2.75) is 25.8 Å². The van der Waals surface area contributed by atoms with Crippen LogP contribution in [0.3, 0.4) is 0 Å². The molecular weight excluding hydrogens is 316 g/mol. The SMILES string of the molecule is CC1Cc2ccccc2N1C(=O)NCCc1csc2ccccc12. The van der Waals surface area contributed by atoms with Gasteiger partial charge >= 0.3 is 6.03 Å². The lowest BCUT2D eigenvalue weighted by molar-refractivity contribution is 0.245. The molecule has 1 aromatic heterocycles. The van der Waals surface area contributed by atoms with Gasteiger partial charge in [0.15, 0.2) is 0 Å². The van der Waals surface area contributed by atoms with E-state index in [-0.39, 0.29) is 12.1 Å². The van der Waals surface area contributed by atoms with Crippen molar-refractivity contribution < 1.29 is 4.79 Å². The van der Waals surface area contributed by atoms with Gasteiger partial charge in [-0.1, -0.05) is 36.4 Å². The Morgan fingerprint density at radius 3 is 2.92 bits per heavy atom. The molecule has 0 spiro atoms. The Morgan fingerprint density at radius 2 is 2.00 bits per heavy atom. The van der Waals surface area contributed by atoms with Crippen LogP contribution in [0.4, 0.5) is 10.5 Å². The van der Waals surface area contributed by atoms with Crippen LogP contribution in [0.15, 0.2) is 53.9 Å². The molecule has 2 aromatic carbocycles. The van der Waals surface area contributed by atoms with Crippen molar-refractivity contribution in [3.05, 3.63) is 65.0 Å². The number of rotatable bonds is 3. The van der Waals surface area contributed by atoms with Gasteiger partial charge in [0.05, 0.1) is 0 Å². The summed E-state index contributed by atoms with van der Waals surface area (Å²) >= 11 is 1.77. The summed E-state index contributed by atoms with van der Waals surface area (Å²) in [5.74, 6) is 0. The number of nitrogens with zero attached hydrogens (tertiary/aromatic N) is 1. The van der Waals surface area contributed by atoms with Crippen molar-refractivity contribution in [1.82, 2.24) is 5.32 Å². The van der Waals surface area contributed by atoms with E-state index in [9.17, 15) is 4.79 Å². The lowest BCUT2D eigenvalue weighted by Gasteiger charge is -2.23. The summed E-state index contributed by atoms with van der Waals surface area (Å²) in [5, 5.41) is 6.59. The van der Waals surface area contributed by atoms with Crippen molar-refractivity contribution in [3.63, 3.8) is 0 Å². The fourth-order valence-electron chi connectivity index (χ4n) is 3.49. The Labute approximate surface area is 145 Å². The van der Waals surface area contributed by atoms with E-state index in [1.807, 2.05) is 23.1 Å². The monoisotopic (exact) mass is 336 g/mol. The first-order valence-corrected chi connectivity index (χ1v) is 9.22. The number of hydrogen-bond donors (Lipinski definition) is 1. The first-order chi connectivity index (χ1) is 11.7. The van der Waals surface area contributed by atoms with Gasteiger partial charge in [-0.25, -0.2) is 4.79 Å². The van der Waals surface area contributed by atoms with Crippen LogP contribution >= 0.6 is 11.3 Å². The minimum absolute atomic E-state index is 0.00647. The van der Waals surface area contributed by atoms with E-state index in [0.717, 1.165) is 18.5 Å². The fraction of sp³-hybridized carbons (Fsp3) is 0.250. The molecule has 4 heteroatoms. The van der Waals surface area contributed by atoms with Crippen molar-refractivity contribution in [2.75, 3.05) is 11.4 Å². The van der Waals surface area contributed by atoms with Crippen LogP contribution in [0.1, 0.15) is 18.1 Å². The third-order valence-corrected chi connectivity index (χ3v) is 5.67. The average molecular weight is 336 g/mol. The highest BCUT2D eigenvalue weighted by molar-refractivity contribution is 7.17. The molecule has 0 bridgehead atoms. The highest BCUT2D eigenvalue weighted by Gasteiger charge is 2.30. The van der Waals surface area contributed by atoms with Gasteiger partial charge in [-0.2, -0.15) is 0 Å². The number of anilines is 1. The normalized spacial score (nSPS) is 16.4. The Hall–Kier alpha value is -2.33. The highest BCUT2D eigenvalue weighted by atomic mass is 32.1. The quantitative estimate of drug-likeness (QED) is 0.744. The third-order valence-electron chi connectivity index (χ3n) is 4.66. The summed E-state index contributed by atoms with van der Waals surface area (Å²) in [6, 6.07) is 16.8. The number of amides is 2. The summed E-state index contributed by atoms with van der Waals surface area (Å²) in [6.07, 6.45) is 1.79. The molecule has 0 fully saturated rings. The Bertz CT molecular complexity index is 886. The Balaban J connectivity index is 1.42. The summed E-state index contributed by atoms with van der Waals surface area (Å²) in [7, 11) is 0. The first kappa shape index (κ1) is 15.2. The van der Waals surface area contributed by atoms with E-state index in [4.69, 9.17) is 0 Å². The zero-order chi connectivity index (χ0) is 16.5. The lowest BCUT2D eigenvalue weighted by Crippen LogP contribution is -2.43. The maximum atomic E-state index is 12.6. The van der Waals surface area contributed by atoms with Gasteiger partial charge in [-0.15, -0.1) is 11.3 Å². The molecule has 4 rings (SSSR count). The van der Waals surface area contributed by atoms with Crippen LogP contribution in [-0.2, 0) is 12.8 Å². The lowest BCUT2D eigenvalue weighted by atomic mass is 10.1.